The second-order valence-corrected chi connectivity index (χ2v) is 8.42. The van der Waals surface area contributed by atoms with Crippen molar-refractivity contribution in [2.24, 2.45) is 0 Å². The molecule has 10 heteroatoms. The third-order valence-corrected chi connectivity index (χ3v) is 6.16. The van der Waals surface area contributed by atoms with Gasteiger partial charge in [0, 0.05) is 29.2 Å². The van der Waals surface area contributed by atoms with E-state index in [1.54, 1.807) is 49.8 Å². The molecule has 0 saturated carbocycles. The third-order valence-electron chi connectivity index (χ3n) is 4.27. The second kappa shape index (κ2) is 8.21. The number of sulfonamides is 1. The maximum Gasteiger partial charge on any atom is 0.263 e. The zero-order valence-electron chi connectivity index (χ0n) is 15.8. The number of benzene rings is 1. The lowest BCUT2D eigenvalue weighted by molar-refractivity contribution is 0.295. The van der Waals surface area contributed by atoms with Crippen molar-refractivity contribution in [1.29, 1.82) is 0 Å². The highest BCUT2D eigenvalue weighted by Crippen LogP contribution is 2.29. The van der Waals surface area contributed by atoms with Crippen molar-refractivity contribution in [1.82, 2.24) is 19.9 Å². The Hall–Kier alpha value is -3.30. The predicted octanol–water partition coefficient (Wildman–Crippen LogP) is 3.76. The van der Waals surface area contributed by atoms with Crippen LogP contribution >= 0.6 is 11.6 Å². The van der Waals surface area contributed by atoms with Gasteiger partial charge in [-0.2, -0.15) is 0 Å². The molecule has 0 amide bonds. The molecular weight excluding hydrogens is 426 g/mol. The van der Waals surface area contributed by atoms with Crippen molar-refractivity contribution in [3.63, 3.8) is 0 Å². The molecule has 0 aliphatic heterocycles. The van der Waals surface area contributed by atoms with Crippen LogP contribution in [0.1, 0.15) is 11.1 Å². The molecule has 0 spiro atoms. The van der Waals surface area contributed by atoms with Crippen molar-refractivity contribution < 1.29 is 13.2 Å². The minimum atomic E-state index is -3.99. The summed E-state index contributed by atoms with van der Waals surface area (Å²) in [5, 5.41) is 0.347. The molecule has 0 bridgehead atoms. The maximum atomic E-state index is 13.0. The fourth-order valence-electron chi connectivity index (χ4n) is 2.75. The topological polar surface area (TPSA) is 107 Å². The van der Waals surface area contributed by atoms with Crippen LogP contribution in [0.15, 0.2) is 66.1 Å². The number of ether oxygens (including phenoxy) is 1. The molecule has 8 nitrogen and oxygen atoms in total. The second-order valence-electron chi connectivity index (χ2n) is 6.36. The van der Waals surface area contributed by atoms with Gasteiger partial charge in [0.25, 0.3) is 15.9 Å². The van der Waals surface area contributed by atoms with E-state index in [1.807, 2.05) is 6.07 Å². The molecule has 0 radical (unpaired) electrons. The largest absolute Gasteiger partial charge is 0.470 e. The number of nitrogens with zero attached hydrogens (tertiary/aromatic N) is 4. The molecule has 0 fully saturated rings. The maximum absolute atomic E-state index is 13.0. The molecule has 4 rings (SSSR count). The van der Waals surface area contributed by atoms with Crippen molar-refractivity contribution in [3.05, 3.63) is 77.3 Å². The van der Waals surface area contributed by atoms with E-state index in [2.05, 4.69) is 24.7 Å². The molecule has 0 aliphatic rings. The van der Waals surface area contributed by atoms with Crippen LogP contribution < -0.4 is 9.46 Å². The van der Waals surface area contributed by atoms with E-state index >= 15 is 0 Å². The molecule has 1 N–H and O–H groups in total. The van der Waals surface area contributed by atoms with Crippen molar-refractivity contribution in [2.75, 3.05) is 4.72 Å². The molecule has 0 saturated heterocycles. The number of fused-ring (bicyclic) bond motifs is 1. The SMILES string of the molecule is Cc1c(Cl)cccc1S(=O)(=O)Nc1nc2cnccc2nc1OCc1cccnc1. The molecule has 152 valence electrons. The van der Waals surface area contributed by atoms with Crippen LogP contribution in [0.25, 0.3) is 11.0 Å². The number of nitrogens with one attached hydrogen (secondary N) is 1. The first-order valence-corrected chi connectivity index (χ1v) is 10.7. The van der Waals surface area contributed by atoms with Gasteiger partial charge in [-0.05, 0) is 36.8 Å². The van der Waals surface area contributed by atoms with Gasteiger partial charge in [0.1, 0.15) is 12.1 Å². The van der Waals surface area contributed by atoms with Gasteiger partial charge in [0.05, 0.1) is 16.6 Å². The van der Waals surface area contributed by atoms with Crippen LogP contribution in [0.2, 0.25) is 5.02 Å². The number of aromatic nitrogens is 4. The first-order valence-electron chi connectivity index (χ1n) is 8.85. The first-order chi connectivity index (χ1) is 14.4. The average Bonchev–Trinajstić information content (AvgIpc) is 2.74. The molecule has 30 heavy (non-hydrogen) atoms. The van der Waals surface area contributed by atoms with Crippen LogP contribution in [-0.2, 0) is 16.6 Å². The molecule has 4 aromatic rings. The van der Waals surface area contributed by atoms with Gasteiger partial charge in [-0.15, -0.1) is 0 Å². The fourth-order valence-corrected chi connectivity index (χ4v) is 4.25. The van der Waals surface area contributed by atoms with Gasteiger partial charge < -0.3 is 4.74 Å². The number of halogens is 1. The van der Waals surface area contributed by atoms with E-state index < -0.39 is 10.0 Å². The lowest BCUT2D eigenvalue weighted by Crippen LogP contribution is -2.17. The van der Waals surface area contributed by atoms with Crippen LogP contribution in [0.5, 0.6) is 5.88 Å². The van der Waals surface area contributed by atoms with Crippen molar-refractivity contribution in [2.45, 2.75) is 18.4 Å². The summed E-state index contributed by atoms with van der Waals surface area (Å²) < 4.78 is 34.3. The summed E-state index contributed by atoms with van der Waals surface area (Å²) in [5.41, 5.74) is 2.17. The lowest BCUT2D eigenvalue weighted by Gasteiger charge is -2.14. The van der Waals surface area contributed by atoms with Crippen molar-refractivity contribution in [3.8, 4) is 5.88 Å². The lowest BCUT2D eigenvalue weighted by atomic mass is 10.2. The number of anilines is 1. The van der Waals surface area contributed by atoms with Crippen LogP contribution in [-0.4, -0.2) is 28.4 Å². The van der Waals surface area contributed by atoms with Gasteiger partial charge in [0.15, 0.2) is 0 Å². The summed E-state index contributed by atoms with van der Waals surface area (Å²) in [5.74, 6) is -0.000394. The average molecular weight is 442 g/mol. The Morgan fingerprint density at radius 3 is 2.63 bits per heavy atom. The Labute approximate surface area is 178 Å². The Bertz CT molecular complexity index is 1320. The standard InChI is InChI=1S/C20H16ClN5O3S/c1-13-15(21)5-2-6-18(13)30(27,28)26-19-20(29-12-14-4-3-8-22-10-14)25-16-7-9-23-11-17(16)24-19/h2-11H,12H2,1H3,(H,24,26). The monoisotopic (exact) mass is 441 g/mol. The highest BCUT2D eigenvalue weighted by Gasteiger charge is 2.22. The molecule has 0 aliphatic carbocycles. The third kappa shape index (κ3) is 4.17. The quantitative estimate of drug-likeness (QED) is 0.485. The van der Waals surface area contributed by atoms with Gasteiger partial charge in [-0.1, -0.05) is 23.7 Å². The Kier molecular flexibility index (Phi) is 5.47. The summed E-state index contributed by atoms with van der Waals surface area (Å²) in [6, 6.07) is 9.94. The van der Waals surface area contributed by atoms with Crippen LogP contribution in [0, 0.1) is 6.92 Å². The minimum Gasteiger partial charge on any atom is -0.470 e. The van der Waals surface area contributed by atoms with E-state index in [-0.39, 0.29) is 23.2 Å². The number of pyridine rings is 2. The zero-order chi connectivity index (χ0) is 21.1. The van der Waals surface area contributed by atoms with Gasteiger partial charge in [-0.3, -0.25) is 14.7 Å². The summed E-state index contributed by atoms with van der Waals surface area (Å²) in [6.07, 6.45) is 6.37. The van der Waals surface area contributed by atoms with Gasteiger partial charge in [-0.25, -0.2) is 18.4 Å². The zero-order valence-corrected chi connectivity index (χ0v) is 17.4. The fraction of sp³-hybridized carbons (Fsp3) is 0.100. The van der Waals surface area contributed by atoms with Gasteiger partial charge >= 0.3 is 0 Å². The highest BCUT2D eigenvalue weighted by molar-refractivity contribution is 7.92. The Morgan fingerprint density at radius 2 is 1.83 bits per heavy atom. The Morgan fingerprint density at radius 1 is 1.00 bits per heavy atom. The van der Waals surface area contributed by atoms with Gasteiger partial charge in [0.2, 0.25) is 5.82 Å². The van der Waals surface area contributed by atoms with E-state index in [4.69, 9.17) is 16.3 Å². The summed E-state index contributed by atoms with van der Waals surface area (Å²) >= 11 is 6.09. The molecule has 1 aromatic carbocycles. The molecule has 0 unspecified atom stereocenters. The van der Waals surface area contributed by atoms with Crippen LogP contribution in [0.4, 0.5) is 5.82 Å². The van der Waals surface area contributed by atoms with E-state index in [0.717, 1.165) is 5.56 Å². The van der Waals surface area contributed by atoms with Crippen molar-refractivity contribution >= 4 is 38.5 Å². The van der Waals surface area contributed by atoms with E-state index in [1.165, 1.54) is 12.3 Å². The first kappa shape index (κ1) is 20.0. The predicted molar refractivity (Wildman–Crippen MR) is 113 cm³/mol. The summed E-state index contributed by atoms with van der Waals surface area (Å²) in [4.78, 5) is 16.9. The molecular formula is C20H16ClN5O3S. The number of hydrogen-bond donors (Lipinski definition) is 1. The highest BCUT2D eigenvalue weighted by atomic mass is 35.5. The van der Waals surface area contributed by atoms with E-state index in [0.29, 0.717) is 21.6 Å². The smallest absolute Gasteiger partial charge is 0.263 e. The molecule has 3 aromatic heterocycles. The molecule has 3 heterocycles. The molecule has 0 atom stereocenters. The minimum absolute atomic E-state index is 0.0424. The number of hydrogen-bond acceptors (Lipinski definition) is 7. The van der Waals surface area contributed by atoms with E-state index in [9.17, 15) is 8.42 Å². The summed E-state index contributed by atoms with van der Waals surface area (Å²) in [7, 11) is -3.99. The normalized spacial score (nSPS) is 11.4. The summed E-state index contributed by atoms with van der Waals surface area (Å²) in [6.45, 7) is 1.77. The van der Waals surface area contributed by atoms with Crippen LogP contribution in [0.3, 0.4) is 0 Å². The number of rotatable bonds is 6. The Balaban J connectivity index is 1.73.